The van der Waals surface area contributed by atoms with E-state index in [0.717, 1.165) is 12.1 Å². The van der Waals surface area contributed by atoms with Crippen LogP contribution < -0.4 is 15.4 Å². The number of carbonyl (C=O) groups is 3. The number of aromatic nitrogens is 3. The highest BCUT2D eigenvalue weighted by molar-refractivity contribution is 6.31. The second-order valence-electron chi connectivity index (χ2n) is 10.1. The second kappa shape index (κ2) is 14.1. The molecule has 46 heavy (non-hydrogen) atoms. The number of Topliss-reactive ketones (excluding diaryl/α,β-unsaturated/α-hetero) is 1. The number of pyridine rings is 1. The number of alkyl halides is 3. The van der Waals surface area contributed by atoms with E-state index in [4.69, 9.17) is 16.3 Å². The standard InChI is InChI=1S/C31H27ClF5N5O4/c1-4-46-25-8-5-18(13-38-25)14-39-30(45)28-40-27(41-29(44)19-9-20(31(35,36)37)11-22(34)10-19)26(42(28)15-16(2)43)17(3)23-12-21(33)6-7-24(23)32/h5-13,17H,4,14-15H2,1-3H3,(H,39,45)(H,41,44)/t17-/m0/s1. The third kappa shape index (κ3) is 8.05. The molecule has 0 bridgehead atoms. The summed E-state index contributed by atoms with van der Waals surface area (Å²) in [6.45, 7) is 4.52. The number of carbonyl (C=O) groups excluding carboxylic acids is 3. The van der Waals surface area contributed by atoms with E-state index < -0.39 is 59.0 Å². The Morgan fingerprint density at radius 2 is 1.76 bits per heavy atom. The normalized spacial score (nSPS) is 12.0. The molecular weight excluding hydrogens is 637 g/mol. The Morgan fingerprint density at radius 1 is 1.02 bits per heavy atom. The number of ether oxygens (including phenoxy) is 1. The van der Waals surface area contributed by atoms with Crippen molar-refractivity contribution in [2.24, 2.45) is 0 Å². The number of hydrogen-bond acceptors (Lipinski definition) is 6. The molecule has 242 valence electrons. The predicted molar refractivity (Wildman–Crippen MR) is 158 cm³/mol. The largest absolute Gasteiger partial charge is 0.478 e. The number of imidazole rings is 1. The Hall–Kier alpha value is -4.85. The van der Waals surface area contributed by atoms with E-state index >= 15 is 0 Å². The minimum atomic E-state index is -4.95. The average molecular weight is 664 g/mol. The number of halogens is 6. The van der Waals surface area contributed by atoms with Gasteiger partial charge >= 0.3 is 6.18 Å². The molecule has 0 aliphatic heterocycles. The van der Waals surface area contributed by atoms with Gasteiger partial charge in [-0.3, -0.25) is 14.4 Å². The van der Waals surface area contributed by atoms with Crippen LogP contribution in [0.2, 0.25) is 5.02 Å². The van der Waals surface area contributed by atoms with Crippen molar-refractivity contribution in [2.45, 2.75) is 46.0 Å². The van der Waals surface area contributed by atoms with E-state index in [1.54, 1.807) is 26.0 Å². The van der Waals surface area contributed by atoms with Crippen LogP contribution >= 0.6 is 11.6 Å². The fraction of sp³-hybridized carbons (Fsp3) is 0.258. The Morgan fingerprint density at radius 3 is 2.39 bits per heavy atom. The minimum Gasteiger partial charge on any atom is -0.478 e. The van der Waals surface area contributed by atoms with Crippen LogP contribution in [0.5, 0.6) is 5.88 Å². The molecule has 2 aromatic carbocycles. The van der Waals surface area contributed by atoms with Crippen molar-refractivity contribution in [3.8, 4) is 5.88 Å². The molecule has 0 radical (unpaired) electrons. The number of benzene rings is 2. The number of amides is 2. The van der Waals surface area contributed by atoms with Crippen molar-refractivity contribution in [1.29, 1.82) is 0 Å². The van der Waals surface area contributed by atoms with Crippen LogP contribution in [0, 0.1) is 11.6 Å². The van der Waals surface area contributed by atoms with Gasteiger partial charge in [0, 0.05) is 35.3 Å². The van der Waals surface area contributed by atoms with Crippen LogP contribution in [0.1, 0.15) is 70.1 Å². The molecule has 0 fully saturated rings. The van der Waals surface area contributed by atoms with Crippen molar-refractivity contribution in [2.75, 3.05) is 11.9 Å². The summed E-state index contributed by atoms with van der Waals surface area (Å²) >= 11 is 6.36. The van der Waals surface area contributed by atoms with E-state index in [0.29, 0.717) is 30.2 Å². The lowest BCUT2D eigenvalue weighted by Crippen LogP contribution is -2.28. The molecule has 0 saturated heterocycles. The lowest BCUT2D eigenvalue weighted by molar-refractivity contribution is -0.137. The van der Waals surface area contributed by atoms with Crippen LogP contribution in [0.4, 0.5) is 27.8 Å². The highest BCUT2D eigenvalue weighted by Gasteiger charge is 2.33. The monoisotopic (exact) mass is 663 g/mol. The van der Waals surface area contributed by atoms with Crippen LogP contribution in [0.3, 0.4) is 0 Å². The molecule has 2 heterocycles. The van der Waals surface area contributed by atoms with Gasteiger partial charge in [0.05, 0.1) is 24.4 Å². The van der Waals surface area contributed by atoms with E-state index in [-0.39, 0.29) is 40.5 Å². The Labute approximate surface area is 264 Å². The first-order valence-electron chi connectivity index (χ1n) is 13.8. The lowest BCUT2D eigenvalue weighted by Gasteiger charge is -2.19. The van der Waals surface area contributed by atoms with Crippen LogP contribution in [-0.2, 0) is 24.1 Å². The SMILES string of the molecule is CCOc1ccc(CNC(=O)c2nc(NC(=O)c3cc(F)cc(C(F)(F)F)c3)c([C@@H](C)c3cc(F)ccc3Cl)n2CC(C)=O)cn1. The summed E-state index contributed by atoms with van der Waals surface area (Å²) < 4.78 is 74.9. The Bertz CT molecular complexity index is 1780. The number of hydrogen-bond donors (Lipinski definition) is 2. The van der Waals surface area contributed by atoms with Gasteiger partial charge in [0.25, 0.3) is 11.8 Å². The third-order valence-corrected chi connectivity index (χ3v) is 7.03. The molecule has 2 amide bonds. The third-order valence-electron chi connectivity index (χ3n) is 6.69. The quantitative estimate of drug-likeness (QED) is 0.176. The van der Waals surface area contributed by atoms with Gasteiger partial charge in [-0.25, -0.2) is 18.7 Å². The molecule has 4 rings (SSSR count). The van der Waals surface area contributed by atoms with Crippen LogP contribution in [0.15, 0.2) is 54.7 Å². The summed E-state index contributed by atoms with van der Waals surface area (Å²) in [5.74, 6) is -5.63. The number of rotatable bonds is 11. The number of nitrogens with zero attached hydrogens (tertiary/aromatic N) is 3. The smallest absolute Gasteiger partial charge is 0.416 e. The van der Waals surface area contributed by atoms with Crippen molar-refractivity contribution in [3.63, 3.8) is 0 Å². The van der Waals surface area contributed by atoms with E-state index in [1.807, 2.05) is 0 Å². The van der Waals surface area contributed by atoms with Crippen molar-refractivity contribution >= 4 is 35.0 Å². The zero-order chi connectivity index (χ0) is 33.8. The van der Waals surface area contributed by atoms with Gasteiger partial charge in [-0.1, -0.05) is 24.6 Å². The Kier molecular flexibility index (Phi) is 10.4. The number of nitrogens with one attached hydrogen (secondary N) is 2. The molecule has 4 aromatic rings. The first kappa shape index (κ1) is 34.0. The molecule has 0 aliphatic rings. The molecular formula is C31H27ClF5N5O4. The zero-order valence-electron chi connectivity index (χ0n) is 24.6. The predicted octanol–water partition coefficient (Wildman–Crippen LogP) is 6.55. The first-order valence-corrected chi connectivity index (χ1v) is 14.2. The molecule has 0 saturated carbocycles. The summed E-state index contributed by atoms with van der Waals surface area (Å²) in [6, 6.07) is 8.08. The maximum Gasteiger partial charge on any atom is 0.416 e. The highest BCUT2D eigenvalue weighted by atomic mass is 35.5. The van der Waals surface area contributed by atoms with E-state index in [1.165, 1.54) is 23.8 Å². The van der Waals surface area contributed by atoms with Gasteiger partial charge in [-0.15, -0.1) is 0 Å². The number of anilines is 1. The molecule has 9 nitrogen and oxygen atoms in total. The summed E-state index contributed by atoms with van der Waals surface area (Å²) in [7, 11) is 0. The van der Waals surface area contributed by atoms with E-state index in [9.17, 15) is 36.3 Å². The fourth-order valence-electron chi connectivity index (χ4n) is 4.62. The molecule has 2 N–H and O–H groups in total. The second-order valence-corrected chi connectivity index (χ2v) is 10.6. The maximum atomic E-state index is 14.3. The van der Waals surface area contributed by atoms with Gasteiger partial charge in [0.1, 0.15) is 17.4 Å². The zero-order valence-corrected chi connectivity index (χ0v) is 25.4. The van der Waals surface area contributed by atoms with Gasteiger partial charge in [-0.05, 0) is 61.4 Å². The Balaban J connectivity index is 1.79. The van der Waals surface area contributed by atoms with Crippen molar-refractivity contribution in [3.05, 3.63) is 105 Å². The fourth-order valence-corrected chi connectivity index (χ4v) is 4.90. The summed E-state index contributed by atoms with van der Waals surface area (Å²) in [5.41, 5.74) is -1.30. The minimum absolute atomic E-state index is 0.0105. The molecule has 0 unspecified atom stereocenters. The number of ketones is 1. The van der Waals surface area contributed by atoms with Crippen molar-refractivity contribution in [1.82, 2.24) is 19.9 Å². The molecule has 15 heteroatoms. The molecule has 0 aliphatic carbocycles. The van der Waals surface area contributed by atoms with Crippen molar-refractivity contribution < 1.29 is 41.1 Å². The topological polar surface area (TPSA) is 115 Å². The summed E-state index contributed by atoms with van der Waals surface area (Å²) in [6.07, 6.45) is -3.47. The van der Waals surface area contributed by atoms with Gasteiger partial charge in [0.15, 0.2) is 5.82 Å². The van der Waals surface area contributed by atoms with Crippen LogP contribution in [-0.4, -0.2) is 38.7 Å². The lowest BCUT2D eigenvalue weighted by atomic mass is 9.96. The first-order chi connectivity index (χ1) is 21.7. The summed E-state index contributed by atoms with van der Waals surface area (Å²) in [5, 5.41) is 5.10. The molecule has 0 spiro atoms. The highest BCUT2D eigenvalue weighted by Crippen LogP contribution is 2.36. The van der Waals surface area contributed by atoms with Crippen LogP contribution in [0.25, 0.3) is 0 Å². The van der Waals surface area contributed by atoms with Gasteiger partial charge in [-0.2, -0.15) is 13.2 Å². The summed E-state index contributed by atoms with van der Waals surface area (Å²) in [4.78, 5) is 47.4. The van der Waals surface area contributed by atoms with Gasteiger partial charge in [0.2, 0.25) is 11.7 Å². The maximum absolute atomic E-state index is 14.3. The molecule has 2 aromatic heterocycles. The van der Waals surface area contributed by atoms with E-state index in [2.05, 4.69) is 20.6 Å². The van der Waals surface area contributed by atoms with Gasteiger partial charge < -0.3 is 19.9 Å². The molecule has 1 atom stereocenters. The average Bonchev–Trinajstić information content (AvgIpc) is 3.33.